The summed E-state index contributed by atoms with van der Waals surface area (Å²) in [5.74, 6) is 1.71. The Kier molecular flexibility index (Phi) is 7.92. The van der Waals surface area contributed by atoms with Crippen molar-refractivity contribution in [1.82, 2.24) is 4.98 Å². The van der Waals surface area contributed by atoms with E-state index in [1.165, 1.54) is 27.7 Å². The number of anilines is 3. The monoisotopic (exact) mass is 726 g/mol. The number of fused-ring (bicyclic) bond motifs is 4. The summed E-state index contributed by atoms with van der Waals surface area (Å²) in [6.07, 6.45) is 0. The van der Waals surface area contributed by atoms with Crippen LogP contribution in [0.15, 0.2) is 212 Å². The summed E-state index contributed by atoms with van der Waals surface area (Å²) in [6.45, 7) is -0.0989. The summed E-state index contributed by atoms with van der Waals surface area (Å²) in [5.41, 5.74) is 17.8. The van der Waals surface area contributed by atoms with Crippen LogP contribution in [0, 0.1) is 0 Å². The Bertz CT molecular complexity index is 2920. The van der Waals surface area contributed by atoms with Gasteiger partial charge < -0.3 is 9.64 Å². The lowest BCUT2D eigenvalue weighted by Crippen LogP contribution is -2.59. The van der Waals surface area contributed by atoms with Gasteiger partial charge in [0, 0.05) is 28.2 Å². The standard InChI is InChI=1S/C53H35BN2O/c1-5-15-36(16-6-1)39-27-30-43(31-28-39)56-49-32-29-41(37-17-7-2-8-18-37)34-45(49)54-46-35-42(38-19-9-3-10-20-38)33-44(53(46)57-51-26-14-25-50(56)52(51)54)48-24-13-23-47(55-48)40-21-11-4-12-22-40/h1-35H. The van der Waals surface area contributed by atoms with Gasteiger partial charge in [0.2, 0.25) is 0 Å². The molecule has 0 saturated heterocycles. The number of nitrogens with zero attached hydrogens (tertiary/aromatic N) is 2. The van der Waals surface area contributed by atoms with Gasteiger partial charge in [0.15, 0.2) is 0 Å². The van der Waals surface area contributed by atoms with Gasteiger partial charge >= 0.3 is 0 Å². The highest BCUT2D eigenvalue weighted by Gasteiger charge is 2.43. The summed E-state index contributed by atoms with van der Waals surface area (Å²) in [4.78, 5) is 7.70. The first-order valence-corrected chi connectivity index (χ1v) is 19.5. The molecule has 11 rings (SSSR count). The molecule has 2 aliphatic heterocycles. The second-order valence-electron chi connectivity index (χ2n) is 14.7. The lowest BCUT2D eigenvalue weighted by molar-refractivity contribution is 0.489. The smallest absolute Gasteiger partial charge is 0.256 e. The van der Waals surface area contributed by atoms with Crippen molar-refractivity contribution in [3.63, 3.8) is 0 Å². The Morgan fingerprint density at radius 3 is 1.61 bits per heavy atom. The van der Waals surface area contributed by atoms with Crippen molar-refractivity contribution in [2.45, 2.75) is 0 Å². The molecule has 0 fully saturated rings. The van der Waals surface area contributed by atoms with Crippen LogP contribution in [-0.2, 0) is 0 Å². The van der Waals surface area contributed by atoms with Gasteiger partial charge in [-0.15, -0.1) is 0 Å². The number of ether oxygens (including phenoxy) is 1. The third-order valence-electron chi connectivity index (χ3n) is 11.3. The highest BCUT2D eigenvalue weighted by atomic mass is 16.5. The van der Waals surface area contributed by atoms with Crippen molar-refractivity contribution in [2.75, 3.05) is 4.90 Å². The molecule has 3 nitrogen and oxygen atoms in total. The van der Waals surface area contributed by atoms with E-state index >= 15 is 0 Å². The molecule has 0 amide bonds. The molecule has 0 atom stereocenters. The molecule has 0 bridgehead atoms. The Morgan fingerprint density at radius 2 is 0.930 bits per heavy atom. The number of hydrogen-bond acceptors (Lipinski definition) is 3. The molecule has 0 unspecified atom stereocenters. The molecular formula is C53H35BN2O. The molecule has 266 valence electrons. The van der Waals surface area contributed by atoms with Gasteiger partial charge in [-0.25, -0.2) is 4.98 Å². The zero-order valence-corrected chi connectivity index (χ0v) is 31.1. The molecule has 57 heavy (non-hydrogen) atoms. The van der Waals surface area contributed by atoms with E-state index in [0.717, 1.165) is 73.1 Å². The highest BCUT2D eigenvalue weighted by Crippen LogP contribution is 2.44. The molecule has 0 N–H and O–H groups in total. The quantitative estimate of drug-likeness (QED) is 0.160. The van der Waals surface area contributed by atoms with E-state index in [1.807, 2.05) is 6.07 Å². The minimum atomic E-state index is -0.0989. The predicted molar refractivity (Wildman–Crippen MR) is 237 cm³/mol. The van der Waals surface area contributed by atoms with E-state index in [9.17, 15) is 0 Å². The molecule has 0 aliphatic carbocycles. The van der Waals surface area contributed by atoms with Crippen molar-refractivity contribution in [3.05, 3.63) is 212 Å². The lowest BCUT2D eigenvalue weighted by atomic mass is 9.34. The first kappa shape index (κ1) is 33.0. The minimum Gasteiger partial charge on any atom is -0.458 e. The van der Waals surface area contributed by atoms with Crippen molar-refractivity contribution in [2.24, 2.45) is 0 Å². The van der Waals surface area contributed by atoms with E-state index in [2.05, 4.69) is 211 Å². The number of pyridine rings is 1. The van der Waals surface area contributed by atoms with Crippen LogP contribution in [0.1, 0.15) is 0 Å². The first-order valence-electron chi connectivity index (χ1n) is 19.5. The summed E-state index contributed by atoms with van der Waals surface area (Å²) >= 11 is 0. The minimum absolute atomic E-state index is 0.0989. The third kappa shape index (κ3) is 5.73. The molecular weight excluding hydrogens is 691 g/mol. The normalized spacial score (nSPS) is 12.3. The topological polar surface area (TPSA) is 25.4 Å². The van der Waals surface area contributed by atoms with Crippen molar-refractivity contribution in [3.8, 4) is 67.4 Å². The van der Waals surface area contributed by atoms with Gasteiger partial charge in [0.25, 0.3) is 6.71 Å². The van der Waals surface area contributed by atoms with Crippen LogP contribution in [0.25, 0.3) is 55.9 Å². The lowest BCUT2D eigenvalue weighted by Gasteiger charge is -2.40. The second-order valence-corrected chi connectivity index (χ2v) is 14.7. The zero-order chi connectivity index (χ0) is 37.7. The summed E-state index contributed by atoms with van der Waals surface area (Å²) < 4.78 is 7.17. The van der Waals surface area contributed by atoms with E-state index in [1.54, 1.807) is 0 Å². The van der Waals surface area contributed by atoms with Crippen molar-refractivity contribution in [1.29, 1.82) is 0 Å². The van der Waals surface area contributed by atoms with E-state index in [0.29, 0.717) is 0 Å². The average Bonchev–Trinajstić information content (AvgIpc) is 3.30. The van der Waals surface area contributed by atoms with Crippen LogP contribution in [0.2, 0.25) is 0 Å². The van der Waals surface area contributed by atoms with Crippen molar-refractivity contribution >= 4 is 40.2 Å². The third-order valence-corrected chi connectivity index (χ3v) is 11.3. The molecule has 3 heterocycles. The van der Waals surface area contributed by atoms with Crippen LogP contribution in [0.3, 0.4) is 0 Å². The first-order chi connectivity index (χ1) is 28.3. The Balaban J connectivity index is 1.15. The van der Waals surface area contributed by atoms with E-state index < -0.39 is 0 Å². The molecule has 9 aromatic rings. The van der Waals surface area contributed by atoms with Crippen LogP contribution < -0.4 is 26.0 Å². The van der Waals surface area contributed by atoms with Crippen LogP contribution >= 0.6 is 0 Å². The van der Waals surface area contributed by atoms with E-state index in [-0.39, 0.29) is 6.71 Å². The zero-order valence-electron chi connectivity index (χ0n) is 31.1. The molecule has 8 aromatic carbocycles. The Labute approximate surface area is 333 Å². The molecule has 2 aliphatic rings. The highest BCUT2D eigenvalue weighted by molar-refractivity contribution is 6.99. The van der Waals surface area contributed by atoms with E-state index in [4.69, 9.17) is 9.72 Å². The maximum Gasteiger partial charge on any atom is 0.256 e. The SMILES string of the molecule is c1ccc(-c2ccc(N3c4ccc(-c5ccccc5)cc4B4c5cc(-c6ccccc6)cc(-c6cccc(-c7ccccc7)n6)c5Oc5cccc3c54)cc2)cc1. The summed E-state index contributed by atoms with van der Waals surface area (Å²) in [5, 5.41) is 0. The molecule has 0 radical (unpaired) electrons. The largest absolute Gasteiger partial charge is 0.458 e. The fourth-order valence-electron chi connectivity index (χ4n) is 8.66. The second kappa shape index (κ2) is 13.7. The van der Waals surface area contributed by atoms with Crippen molar-refractivity contribution < 1.29 is 4.74 Å². The van der Waals surface area contributed by atoms with Gasteiger partial charge in [-0.05, 0) is 98.3 Å². The molecule has 0 spiro atoms. The maximum absolute atomic E-state index is 7.17. The number of rotatable bonds is 6. The fraction of sp³-hybridized carbons (Fsp3) is 0. The maximum atomic E-state index is 7.17. The number of aromatic nitrogens is 1. The van der Waals surface area contributed by atoms with Crippen LogP contribution in [0.5, 0.6) is 11.5 Å². The van der Waals surface area contributed by atoms with Crippen LogP contribution in [-0.4, -0.2) is 11.7 Å². The predicted octanol–water partition coefficient (Wildman–Crippen LogP) is 11.8. The Morgan fingerprint density at radius 1 is 0.386 bits per heavy atom. The average molecular weight is 727 g/mol. The summed E-state index contributed by atoms with van der Waals surface area (Å²) in [6, 6.07) is 75.6. The van der Waals surface area contributed by atoms with Gasteiger partial charge in [0.1, 0.15) is 11.5 Å². The molecule has 1 aromatic heterocycles. The van der Waals surface area contributed by atoms with Gasteiger partial charge in [-0.3, -0.25) is 0 Å². The van der Waals surface area contributed by atoms with Gasteiger partial charge in [-0.1, -0.05) is 164 Å². The van der Waals surface area contributed by atoms with Crippen LogP contribution in [0.4, 0.5) is 17.1 Å². The Hall–Kier alpha value is -7.43. The number of hydrogen-bond donors (Lipinski definition) is 0. The number of benzene rings is 8. The van der Waals surface area contributed by atoms with Gasteiger partial charge in [0.05, 0.1) is 11.4 Å². The molecule has 4 heteroatoms. The summed E-state index contributed by atoms with van der Waals surface area (Å²) in [7, 11) is 0. The fourth-order valence-corrected chi connectivity index (χ4v) is 8.66. The molecule has 0 saturated carbocycles. The van der Waals surface area contributed by atoms with Gasteiger partial charge in [-0.2, -0.15) is 0 Å².